The molecule has 5 nitrogen and oxygen atoms in total. The molecule has 2 aromatic rings. The zero-order valence-electron chi connectivity index (χ0n) is 11.2. The number of carboxylic acids is 1. The van der Waals surface area contributed by atoms with Crippen LogP contribution in [0.15, 0.2) is 42.0 Å². The van der Waals surface area contributed by atoms with E-state index in [1.807, 2.05) is 17.5 Å². The molecule has 6 heteroatoms. The molecule has 0 aliphatic carbocycles. The van der Waals surface area contributed by atoms with Crippen LogP contribution < -0.4 is 5.32 Å². The Morgan fingerprint density at radius 2 is 2.29 bits per heavy atom. The van der Waals surface area contributed by atoms with Gasteiger partial charge in [-0.15, -0.1) is 11.3 Å². The van der Waals surface area contributed by atoms with Crippen molar-refractivity contribution in [1.29, 1.82) is 0 Å². The molecule has 0 aliphatic rings. The van der Waals surface area contributed by atoms with E-state index in [0.29, 0.717) is 13.0 Å². The molecule has 2 heterocycles. The zero-order chi connectivity index (χ0) is 15.1. The summed E-state index contributed by atoms with van der Waals surface area (Å²) >= 11 is 1.48. The van der Waals surface area contributed by atoms with E-state index >= 15 is 0 Å². The molecule has 0 fully saturated rings. The molecule has 1 amide bonds. The van der Waals surface area contributed by atoms with Crippen LogP contribution in [0.3, 0.4) is 0 Å². The number of carbonyl (C=O) groups is 2. The Hall–Kier alpha value is -2.47. The first-order chi connectivity index (χ1) is 10.1. The zero-order valence-corrected chi connectivity index (χ0v) is 12.0. The lowest BCUT2D eigenvalue weighted by Gasteiger charge is -2.03. The number of carboxylic acid groups (broad SMARTS) is 1. The normalized spacial score (nSPS) is 10.7. The van der Waals surface area contributed by atoms with Crippen molar-refractivity contribution in [2.45, 2.75) is 13.0 Å². The molecular weight excluding hydrogens is 288 g/mol. The van der Waals surface area contributed by atoms with Crippen LogP contribution in [0, 0.1) is 0 Å². The second-order valence-corrected chi connectivity index (χ2v) is 5.33. The number of amides is 1. The first kappa shape index (κ1) is 14.9. The van der Waals surface area contributed by atoms with Gasteiger partial charge >= 0.3 is 5.97 Å². The van der Waals surface area contributed by atoms with Crippen molar-refractivity contribution >= 4 is 29.3 Å². The van der Waals surface area contributed by atoms with Crippen molar-refractivity contribution in [1.82, 2.24) is 10.3 Å². The molecular formula is C15H14N2O3S. The highest BCUT2D eigenvalue weighted by Crippen LogP contribution is 2.15. The minimum absolute atomic E-state index is 0.0703. The lowest BCUT2D eigenvalue weighted by atomic mass is 10.2. The number of pyridine rings is 1. The van der Waals surface area contributed by atoms with Gasteiger partial charge in [0.2, 0.25) is 5.91 Å². The summed E-state index contributed by atoms with van der Waals surface area (Å²) in [4.78, 5) is 27.1. The van der Waals surface area contributed by atoms with Crippen molar-refractivity contribution < 1.29 is 14.7 Å². The van der Waals surface area contributed by atoms with Crippen molar-refractivity contribution in [2.24, 2.45) is 0 Å². The van der Waals surface area contributed by atoms with Gasteiger partial charge in [-0.25, -0.2) is 4.79 Å². The number of aromatic nitrogens is 1. The Bertz CT molecular complexity index is 650. The Morgan fingerprint density at radius 1 is 1.43 bits per heavy atom. The molecule has 0 aromatic carbocycles. The third-order valence-corrected chi connectivity index (χ3v) is 3.59. The van der Waals surface area contributed by atoms with E-state index in [1.54, 1.807) is 18.5 Å². The van der Waals surface area contributed by atoms with E-state index in [9.17, 15) is 9.59 Å². The van der Waals surface area contributed by atoms with Gasteiger partial charge in [-0.2, -0.15) is 0 Å². The molecule has 0 aliphatic heterocycles. The van der Waals surface area contributed by atoms with Crippen LogP contribution >= 0.6 is 11.3 Å². The molecule has 21 heavy (non-hydrogen) atoms. The monoisotopic (exact) mass is 302 g/mol. The quantitative estimate of drug-likeness (QED) is 0.801. The molecule has 2 aromatic heterocycles. The Morgan fingerprint density at radius 3 is 3.00 bits per heavy atom. The fourth-order valence-corrected chi connectivity index (χ4v) is 2.48. The fraction of sp³-hybridized carbons (Fsp3) is 0.133. The van der Waals surface area contributed by atoms with Gasteiger partial charge in [-0.05, 0) is 34.7 Å². The number of hydrogen-bond acceptors (Lipinski definition) is 4. The van der Waals surface area contributed by atoms with E-state index in [-0.39, 0.29) is 5.91 Å². The van der Waals surface area contributed by atoms with Gasteiger partial charge in [0.1, 0.15) is 0 Å². The Balaban J connectivity index is 1.83. The largest absolute Gasteiger partial charge is 0.478 e. The van der Waals surface area contributed by atoms with Crippen LogP contribution in [0.1, 0.15) is 16.0 Å². The highest BCUT2D eigenvalue weighted by Gasteiger charge is 2.04. The fourth-order valence-electron chi connectivity index (χ4n) is 1.68. The SMILES string of the molecule is O=C(O)C=Cc1csc(CNC(=O)Cc2cccnc2)c1. The van der Waals surface area contributed by atoms with Gasteiger partial charge in [-0.1, -0.05) is 6.07 Å². The summed E-state index contributed by atoms with van der Waals surface area (Å²) in [6.45, 7) is 0.435. The van der Waals surface area contributed by atoms with Crippen LogP contribution in [0.25, 0.3) is 6.08 Å². The molecule has 2 N–H and O–H groups in total. The van der Waals surface area contributed by atoms with Crippen molar-refractivity contribution in [2.75, 3.05) is 0 Å². The van der Waals surface area contributed by atoms with Crippen LogP contribution in [0.2, 0.25) is 0 Å². The van der Waals surface area contributed by atoms with Crippen LogP contribution in [-0.2, 0) is 22.6 Å². The molecule has 108 valence electrons. The summed E-state index contributed by atoms with van der Waals surface area (Å²) in [6.07, 6.45) is 6.25. The van der Waals surface area contributed by atoms with Crippen molar-refractivity contribution in [3.8, 4) is 0 Å². The minimum atomic E-state index is -0.979. The minimum Gasteiger partial charge on any atom is -0.478 e. The van der Waals surface area contributed by atoms with Gasteiger partial charge < -0.3 is 10.4 Å². The second kappa shape index (κ2) is 7.35. The number of carbonyl (C=O) groups excluding carboxylic acids is 1. The first-order valence-electron chi connectivity index (χ1n) is 6.27. The van der Waals surface area contributed by atoms with Gasteiger partial charge in [0.15, 0.2) is 0 Å². The highest BCUT2D eigenvalue weighted by atomic mass is 32.1. The predicted molar refractivity (Wildman–Crippen MR) is 80.8 cm³/mol. The average molecular weight is 302 g/mol. The lowest BCUT2D eigenvalue weighted by Crippen LogP contribution is -2.24. The summed E-state index contributed by atoms with van der Waals surface area (Å²) in [5, 5.41) is 13.2. The van der Waals surface area contributed by atoms with Crippen LogP contribution in [-0.4, -0.2) is 22.0 Å². The van der Waals surface area contributed by atoms with Crippen LogP contribution in [0.5, 0.6) is 0 Å². The molecule has 0 atom stereocenters. The molecule has 2 rings (SSSR count). The Labute approximate surface area is 126 Å². The summed E-state index contributed by atoms with van der Waals surface area (Å²) in [6, 6.07) is 5.50. The molecule has 0 saturated carbocycles. The molecule has 0 unspecified atom stereocenters. The first-order valence-corrected chi connectivity index (χ1v) is 7.15. The molecule has 0 spiro atoms. The summed E-state index contributed by atoms with van der Waals surface area (Å²) in [5.41, 5.74) is 1.69. The van der Waals surface area contributed by atoms with Gasteiger partial charge in [-0.3, -0.25) is 9.78 Å². The maximum absolute atomic E-state index is 11.8. The lowest BCUT2D eigenvalue weighted by molar-refractivity contribution is -0.131. The van der Waals surface area contributed by atoms with E-state index in [0.717, 1.165) is 22.1 Å². The standard InChI is InChI=1S/C15H14N2O3S/c18-14(7-11-2-1-5-16-8-11)17-9-13-6-12(10-21-13)3-4-15(19)20/h1-6,8,10H,7,9H2,(H,17,18)(H,19,20). The van der Waals surface area contributed by atoms with Gasteiger partial charge in [0, 0.05) is 23.3 Å². The maximum Gasteiger partial charge on any atom is 0.328 e. The summed E-state index contributed by atoms with van der Waals surface area (Å²) in [7, 11) is 0. The highest BCUT2D eigenvalue weighted by molar-refractivity contribution is 7.10. The molecule has 0 bridgehead atoms. The number of hydrogen-bond donors (Lipinski definition) is 2. The van der Waals surface area contributed by atoms with E-state index in [2.05, 4.69) is 10.3 Å². The van der Waals surface area contributed by atoms with E-state index in [1.165, 1.54) is 17.4 Å². The number of nitrogens with one attached hydrogen (secondary N) is 1. The third-order valence-electron chi connectivity index (χ3n) is 2.64. The number of nitrogens with zero attached hydrogens (tertiary/aromatic N) is 1. The summed E-state index contributed by atoms with van der Waals surface area (Å²) < 4.78 is 0. The maximum atomic E-state index is 11.8. The van der Waals surface area contributed by atoms with Gasteiger partial charge in [0.25, 0.3) is 0 Å². The number of aliphatic carboxylic acids is 1. The van der Waals surface area contributed by atoms with Crippen LogP contribution in [0.4, 0.5) is 0 Å². The number of rotatable bonds is 6. The Kier molecular flexibility index (Phi) is 5.22. The smallest absolute Gasteiger partial charge is 0.328 e. The number of thiophene rings is 1. The van der Waals surface area contributed by atoms with E-state index < -0.39 is 5.97 Å². The topological polar surface area (TPSA) is 79.3 Å². The average Bonchev–Trinajstić information content (AvgIpc) is 2.92. The summed E-state index contributed by atoms with van der Waals surface area (Å²) in [5.74, 6) is -1.05. The van der Waals surface area contributed by atoms with Crippen molar-refractivity contribution in [3.05, 3.63) is 58.1 Å². The van der Waals surface area contributed by atoms with Gasteiger partial charge in [0.05, 0.1) is 13.0 Å². The van der Waals surface area contributed by atoms with E-state index in [4.69, 9.17) is 5.11 Å². The van der Waals surface area contributed by atoms with Crippen molar-refractivity contribution in [3.63, 3.8) is 0 Å². The predicted octanol–water partition coefficient (Wildman–Crippen LogP) is 2.10. The third kappa shape index (κ3) is 5.19. The molecule has 0 saturated heterocycles. The molecule has 0 radical (unpaired) electrons. The second-order valence-electron chi connectivity index (χ2n) is 4.33.